The second-order valence-electron chi connectivity index (χ2n) is 5.12. The standard InChI is InChI=1S/C18H23NO2/c1-4-15(19)18(14-10-6-8-12-17(14)20-3)21-16-11-7-5-9-13(16)2/h5-12,15,18H,4,19H2,1-3H3. The second-order valence-corrected chi connectivity index (χ2v) is 5.12. The monoisotopic (exact) mass is 285 g/mol. The molecule has 2 N–H and O–H groups in total. The normalized spacial score (nSPS) is 13.5. The van der Waals surface area contributed by atoms with Crippen LogP contribution in [0.4, 0.5) is 0 Å². The predicted octanol–water partition coefficient (Wildman–Crippen LogP) is 3.86. The molecular formula is C18H23NO2. The number of methoxy groups -OCH3 is 1. The topological polar surface area (TPSA) is 44.5 Å². The number of ether oxygens (including phenoxy) is 2. The van der Waals surface area contributed by atoms with E-state index >= 15 is 0 Å². The number of benzene rings is 2. The van der Waals surface area contributed by atoms with E-state index < -0.39 is 0 Å². The summed E-state index contributed by atoms with van der Waals surface area (Å²) in [7, 11) is 1.67. The fourth-order valence-electron chi connectivity index (χ4n) is 2.32. The van der Waals surface area contributed by atoms with Gasteiger partial charge in [-0.1, -0.05) is 43.3 Å². The zero-order chi connectivity index (χ0) is 15.2. The summed E-state index contributed by atoms with van der Waals surface area (Å²) in [6.07, 6.45) is 0.599. The molecule has 0 heterocycles. The molecule has 0 spiro atoms. The zero-order valence-electron chi connectivity index (χ0n) is 12.9. The number of aryl methyl sites for hydroxylation is 1. The van der Waals surface area contributed by atoms with Crippen LogP contribution in [-0.4, -0.2) is 13.2 Å². The van der Waals surface area contributed by atoms with E-state index in [1.54, 1.807) is 7.11 Å². The lowest BCUT2D eigenvalue weighted by atomic mass is 9.99. The van der Waals surface area contributed by atoms with Gasteiger partial charge in [0, 0.05) is 11.6 Å². The Morgan fingerprint density at radius 1 is 1.00 bits per heavy atom. The number of para-hydroxylation sites is 2. The minimum absolute atomic E-state index is 0.0964. The molecule has 2 unspecified atom stereocenters. The molecule has 21 heavy (non-hydrogen) atoms. The highest BCUT2D eigenvalue weighted by Crippen LogP contribution is 2.32. The Bertz CT molecular complexity index is 583. The summed E-state index contributed by atoms with van der Waals surface area (Å²) in [4.78, 5) is 0. The molecule has 0 aliphatic carbocycles. The van der Waals surface area contributed by atoms with Gasteiger partial charge < -0.3 is 15.2 Å². The van der Waals surface area contributed by atoms with Gasteiger partial charge in [-0.3, -0.25) is 0 Å². The minimum Gasteiger partial charge on any atom is -0.496 e. The van der Waals surface area contributed by atoms with Gasteiger partial charge in [-0.25, -0.2) is 0 Å². The Morgan fingerprint density at radius 3 is 2.24 bits per heavy atom. The molecule has 0 aliphatic rings. The SMILES string of the molecule is CCC(N)C(Oc1ccccc1C)c1ccccc1OC. The van der Waals surface area contributed by atoms with Gasteiger partial charge in [0.15, 0.2) is 0 Å². The van der Waals surface area contributed by atoms with Gasteiger partial charge in [0.25, 0.3) is 0 Å². The number of nitrogens with two attached hydrogens (primary N) is 1. The minimum atomic E-state index is -0.229. The molecule has 2 atom stereocenters. The van der Waals surface area contributed by atoms with E-state index in [-0.39, 0.29) is 12.1 Å². The lowest BCUT2D eigenvalue weighted by Crippen LogP contribution is -2.31. The number of rotatable bonds is 6. The first kappa shape index (κ1) is 15.4. The molecule has 0 bridgehead atoms. The van der Waals surface area contributed by atoms with Crippen LogP contribution in [0.1, 0.15) is 30.6 Å². The summed E-state index contributed by atoms with van der Waals surface area (Å²) in [6, 6.07) is 15.8. The van der Waals surface area contributed by atoms with Gasteiger partial charge in [0.1, 0.15) is 17.6 Å². The van der Waals surface area contributed by atoms with Crippen molar-refractivity contribution in [2.45, 2.75) is 32.4 Å². The summed E-state index contributed by atoms with van der Waals surface area (Å²) < 4.78 is 11.7. The second kappa shape index (κ2) is 7.14. The van der Waals surface area contributed by atoms with E-state index in [9.17, 15) is 0 Å². The van der Waals surface area contributed by atoms with Gasteiger partial charge in [-0.15, -0.1) is 0 Å². The molecule has 0 aliphatic heterocycles. The molecule has 3 nitrogen and oxygen atoms in total. The fourth-order valence-corrected chi connectivity index (χ4v) is 2.32. The molecule has 2 aromatic carbocycles. The van der Waals surface area contributed by atoms with Crippen LogP contribution in [0.15, 0.2) is 48.5 Å². The van der Waals surface area contributed by atoms with Crippen LogP contribution in [-0.2, 0) is 0 Å². The van der Waals surface area contributed by atoms with Crippen molar-refractivity contribution in [3.05, 3.63) is 59.7 Å². The molecule has 2 rings (SSSR count). The van der Waals surface area contributed by atoms with E-state index in [1.165, 1.54) is 0 Å². The van der Waals surface area contributed by atoms with Gasteiger partial charge >= 0.3 is 0 Å². The number of hydrogen-bond acceptors (Lipinski definition) is 3. The van der Waals surface area contributed by atoms with Crippen molar-refractivity contribution in [2.24, 2.45) is 5.73 Å². The largest absolute Gasteiger partial charge is 0.496 e. The molecule has 0 aromatic heterocycles. The van der Waals surface area contributed by atoms with Crippen molar-refractivity contribution in [3.63, 3.8) is 0 Å². The predicted molar refractivity (Wildman–Crippen MR) is 85.8 cm³/mol. The molecule has 0 saturated carbocycles. The lowest BCUT2D eigenvalue weighted by molar-refractivity contribution is 0.166. The van der Waals surface area contributed by atoms with Crippen molar-refractivity contribution in [1.82, 2.24) is 0 Å². The average Bonchev–Trinajstić information content (AvgIpc) is 2.53. The third-order valence-corrected chi connectivity index (χ3v) is 3.65. The molecule has 0 fully saturated rings. The summed E-state index contributed by atoms with van der Waals surface area (Å²) in [5, 5.41) is 0. The molecule has 2 aromatic rings. The maximum atomic E-state index is 6.29. The van der Waals surface area contributed by atoms with Gasteiger partial charge in [0.2, 0.25) is 0 Å². The molecule has 112 valence electrons. The van der Waals surface area contributed by atoms with Crippen LogP contribution >= 0.6 is 0 Å². The fraction of sp³-hybridized carbons (Fsp3) is 0.333. The van der Waals surface area contributed by atoms with E-state index in [0.717, 1.165) is 29.0 Å². The van der Waals surface area contributed by atoms with Crippen LogP contribution < -0.4 is 15.2 Å². The number of hydrogen-bond donors (Lipinski definition) is 1. The molecular weight excluding hydrogens is 262 g/mol. The van der Waals surface area contributed by atoms with Gasteiger partial charge in [0.05, 0.1) is 7.11 Å². The quantitative estimate of drug-likeness (QED) is 0.876. The van der Waals surface area contributed by atoms with E-state index in [1.807, 2.05) is 55.5 Å². The Balaban J connectivity index is 2.37. The summed E-state index contributed by atoms with van der Waals surface area (Å²) >= 11 is 0. The summed E-state index contributed by atoms with van der Waals surface area (Å²) in [6.45, 7) is 4.10. The zero-order valence-corrected chi connectivity index (χ0v) is 12.9. The Labute approximate surface area is 126 Å². The Hall–Kier alpha value is -2.00. The summed E-state index contributed by atoms with van der Waals surface area (Å²) in [5.41, 5.74) is 8.37. The smallest absolute Gasteiger partial charge is 0.142 e. The molecule has 0 saturated heterocycles. The van der Waals surface area contributed by atoms with Crippen LogP contribution in [0.5, 0.6) is 11.5 Å². The van der Waals surface area contributed by atoms with Gasteiger partial charge in [-0.05, 0) is 31.0 Å². The van der Waals surface area contributed by atoms with Crippen LogP contribution in [0.3, 0.4) is 0 Å². The third-order valence-electron chi connectivity index (χ3n) is 3.65. The van der Waals surface area contributed by atoms with Crippen LogP contribution in [0, 0.1) is 6.92 Å². The molecule has 0 radical (unpaired) electrons. The third kappa shape index (κ3) is 3.56. The maximum Gasteiger partial charge on any atom is 0.142 e. The average molecular weight is 285 g/mol. The van der Waals surface area contributed by atoms with Crippen molar-refractivity contribution >= 4 is 0 Å². The van der Waals surface area contributed by atoms with Gasteiger partial charge in [-0.2, -0.15) is 0 Å². The highest BCUT2D eigenvalue weighted by atomic mass is 16.5. The highest BCUT2D eigenvalue weighted by molar-refractivity contribution is 5.38. The molecule has 3 heteroatoms. The van der Waals surface area contributed by atoms with Crippen molar-refractivity contribution < 1.29 is 9.47 Å². The maximum absolute atomic E-state index is 6.29. The van der Waals surface area contributed by atoms with E-state index in [4.69, 9.17) is 15.2 Å². The van der Waals surface area contributed by atoms with E-state index in [2.05, 4.69) is 6.92 Å². The highest BCUT2D eigenvalue weighted by Gasteiger charge is 2.24. The molecule has 0 amide bonds. The summed E-state index contributed by atoms with van der Waals surface area (Å²) in [5.74, 6) is 1.66. The first-order chi connectivity index (χ1) is 10.2. The van der Waals surface area contributed by atoms with Crippen molar-refractivity contribution in [3.8, 4) is 11.5 Å². The van der Waals surface area contributed by atoms with Crippen LogP contribution in [0.25, 0.3) is 0 Å². The van der Waals surface area contributed by atoms with E-state index in [0.29, 0.717) is 0 Å². The van der Waals surface area contributed by atoms with Crippen molar-refractivity contribution in [2.75, 3.05) is 7.11 Å². The Kier molecular flexibility index (Phi) is 5.23. The van der Waals surface area contributed by atoms with Crippen molar-refractivity contribution in [1.29, 1.82) is 0 Å². The van der Waals surface area contributed by atoms with Crippen LogP contribution in [0.2, 0.25) is 0 Å². The first-order valence-electron chi connectivity index (χ1n) is 7.28. The lowest BCUT2D eigenvalue weighted by Gasteiger charge is -2.26. The first-order valence-corrected chi connectivity index (χ1v) is 7.28. The Morgan fingerprint density at radius 2 is 1.62 bits per heavy atom.